The maximum Gasteiger partial charge on any atom is 0.349 e. The van der Waals surface area contributed by atoms with Crippen molar-refractivity contribution in [3.05, 3.63) is 21.9 Å². The largest absolute Gasteiger partial charge is 0.451 e. The summed E-state index contributed by atoms with van der Waals surface area (Å²) in [6.45, 7) is 3.29. The molecule has 0 unspecified atom stereocenters. The molecule has 2 heterocycles. The fraction of sp³-hybridized carbons (Fsp3) is 0.571. The predicted octanol–water partition coefficient (Wildman–Crippen LogP) is 2.62. The minimum Gasteiger partial charge on any atom is -0.451 e. The molecule has 104 valence electrons. The van der Waals surface area contributed by atoms with Crippen LogP contribution in [-0.4, -0.2) is 36.5 Å². The van der Waals surface area contributed by atoms with Crippen LogP contribution in [0.5, 0.6) is 0 Å². The van der Waals surface area contributed by atoms with Gasteiger partial charge in [-0.2, -0.15) is 0 Å². The molecule has 4 nitrogen and oxygen atoms in total. The number of likely N-dealkylation sites (tertiary alicyclic amines) is 1. The highest BCUT2D eigenvalue weighted by Gasteiger charge is 2.18. The Morgan fingerprint density at radius 1 is 1.26 bits per heavy atom. The molecule has 1 aliphatic rings. The number of hydrogen-bond acceptors (Lipinski definition) is 4. The van der Waals surface area contributed by atoms with Gasteiger partial charge in [-0.1, -0.05) is 12.8 Å². The van der Waals surface area contributed by atoms with Crippen LogP contribution in [0.25, 0.3) is 0 Å². The van der Waals surface area contributed by atoms with E-state index in [1.807, 2.05) is 23.3 Å². The second-order valence-corrected chi connectivity index (χ2v) is 5.72. The Kier molecular flexibility index (Phi) is 4.96. The molecule has 0 saturated carbocycles. The van der Waals surface area contributed by atoms with Gasteiger partial charge >= 0.3 is 5.97 Å². The van der Waals surface area contributed by atoms with Crippen LogP contribution < -0.4 is 0 Å². The number of aryl methyl sites for hydroxylation is 1. The quantitative estimate of drug-likeness (QED) is 0.800. The zero-order valence-electron chi connectivity index (χ0n) is 11.2. The standard InChI is InChI=1S/C14H19NO3S/c1-11-6-9-19-13(11)14(17)18-10-12(16)15-7-4-2-3-5-8-15/h6,9H,2-5,7-8,10H2,1H3. The molecule has 0 bridgehead atoms. The molecule has 1 aromatic rings. The Bertz CT molecular complexity index is 447. The van der Waals surface area contributed by atoms with Gasteiger partial charge in [-0.15, -0.1) is 11.3 Å². The Hall–Kier alpha value is -1.36. The van der Waals surface area contributed by atoms with Crippen LogP contribution in [0.3, 0.4) is 0 Å². The van der Waals surface area contributed by atoms with Crippen LogP contribution in [0, 0.1) is 6.92 Å². The first-order valence-corrected chi connectivity index (χ1v) is 7.55. The summed E-state index contributed by atoms with van der Waals surface area (Å²) >= 11 is 1.35. The molecule has 0 aliphatic carbocycles. The Balaban J connectivity index is 1.83. The number of rotatable bonds is 3. The smallest absolute Gasteiger partial charge is 0.349 e. The number of nitrogens with zero attached hydrogens (tertiary/aromatic N) is 1. The van der Waals surface area contributed by atoms with E-state index in [2.05, 4.69) is 0 Å². The summed E-state index contributed by atoms with van der Waals surface area (Å²) in [7, 11) is 0. The van der Waals surface area contributed by atoms with Crippen molar-refractivity contribution in [2.24, 2.45) is 0 Å². The van der Waals surface area contributed by atoms with E-state index in [9.17, 15) is 9.59 Å². The third-order valence-electron chi connectivity index (χ3n) is 3.33. The van der Waals surface area contributed by atoms with Crippen molar-refractivity contribution in [3.8, 4) is 0 Å². The molecule has 2 rings (SSSR count). The van der Waals surface area contributed by atoms with Crippen LogP contribution in [0.15, 0.2) is 11.4 Å². The molecular weight excluding hydrogens is 262 g/mol. The minimum absolute atomic E-state index is 0.0792. The van der Waals surface area contributed by atoms with E-state index in [-0.39, 0.29) is 12.5 Å². The van der Waals surface area contributed by atoms with Gasteiger partial charge in [0.05, 0.1) is 0 Å². The van der Waals surface area contributed by atoms with E-state index in [1.54, 1.807) is 0 Å². The van der Waals surface area contributed by atoms with Gasteiger partial charge in [0.1, 0.15) is 4.88 Å². The van der Waals surface area contributed by atoms with Crippen LogP contribution >= 0.6 is 11.3 Å². The third-order valence-corrected chi connectivity index (χ3v) is 4.33. The maximum absolute atomic E-state index is 12.0. The van der Waals surface area contributed by atoms with Gasteiger partial charge in [-0.25, -0.2) is 4.79 Å². The molecule has 19 heavy (non-hydrogen) atoms. The lowest BCUT2D eigenvalue weighted by atomic mass is 10.2. The fourth-order valence-corrected chi connectivity index (χ4v) is 3.00. The van der Waals surface area contributed by atoms with Crippen molar-refractivity contribution in [3.63, 3.8) is 0 Å². The van der Waals surface area contributed by atoms with E-state index in [0.29, 0.717) is 4.88 Å². The van der Waals surface area contributed by atoms with Gasteiger partial charge in [-0.3, -0.25) is 4.79 Å². The summed E-state index contributed by atoms with van der Waals surface area (Å²) in [6, 6.07) is 1.87. The molecule has 5 heteroatoms. The van der Waals surface area contributed by atoms with E-state index in [1.165, 1.54) is 24.2 Å². The summed E-state index contributed by atoms with van der Waals surface area (Å²) in [5, 5.41) is 1.85. The third kappa shape index (κ3) is 3.80. The summed E-state index contributed by atoms with van der Waals surface area (Å²) in [6.07, 6.45) is 4.45. The van der Waals surface area contributed by atoms with Gasteiger partial charge in [-0.05, 0) is 36.8 Å². The van der Waals surface area contributed by atoms with Crippen molar-refractivity contribution in [1.82, 2.24) is 4.90 Å². The molecule has 0 spiro atoms. The van der Waals surface area contributed by atoms with Crippen LogP contribution in [0.4, 0.5) is 0 Å². The van der Waals surface area contributed by atoms with Gasteiger partial charge in [0.15, 0.2) is 6.61 Å². The van der Waals surface area contributed by atoms with E-state index < -0.39 is 5.97 Å². The highest BCUT2D eigenvalue weighted by Crippen LogP contribution is 2.16. The topological polar surface area (TPSA) is 46.6 Å². The minimum atomic E-state index is -0.393. The monoisotopic (exact) mass is 281 g/mol. The number of ether oxygens (including phenoxy) is 1. The zero-order chi connectivity index (χ0) is 13.7. The van der Waals surface area contributed by atoms with E-state index in [4.69, 9.17) is 4.74 Å². The Morgan fingerprint density at radius 3 is 2.53 bits per heavy atom. The first-order chi connectivity index (χ1) is 9.18. The van der Waals surface area contributed by atoms with E-state index in [0.717, 1.165) is 31.5 Å². The molecule has 1 amide bonds. The van der Waals surface area contributed by atoms with Gasteiger partial charge in [0.2, 0.25) is 0 Å². The lowest BCUT2D eigenvalue weighted by molar-refractivity contribution is -0.134. The van der Waals surface area contributed by atoms with Crippen molar-refractivity contribution < 1.29 is 14.3 Å². The molecular formula is C14H19NO3S. The Morgan fingerprint density at radius 2 is 1.95 bits per heavy atom. The summed E-state index contributed by atoms with van der Waals surface area (Å²) in [5.41, 5.74) is 0.900. The lowest BCUT2D eigenvalue weighted by Crippen LogP contribution is -2.35. The average Bonchev–Trinajstić information content (AvgIpc) is 2.68. The van der Waals surface area contributed by atoms with Crippen LogP contribution in [-0.2, 0) is 9.53 Å². The summed E-state index contributed by atoms with van der Waals surface area (Å²) in [5.74, 6) is -0.472. The number of thiophene rings is 1. The van der Waals surface area contributed by atoms with Gasteiger partial charge in [0.25, 0.3) is 5.91 Å². The average molecular weight is 281 g/mol. The second-order valence-electron chi connectivity index (χ2n) is 4.80. The van der Waals surface area contributed by atoms with Gasteiger partial charge in [0, 0.05) is 13.1 Å². The predicted molar refractivity (Wildman–Crippen MR) is 74.4 cm³/mol. The Labute approximate surface area is 117 Å². The molecule has 1 aliphatic heterocycles. The highest BCUT2D eigenvalue weighted by atomic mass is 32.1. The molecule has 1 fully saturated rings. The molecule has 0 aromatic carbocycles. The SMILES string of the molecule is Cc1ccsc1C(=O)OCC(=O)N1CCCCCC1. The summed E-state index contributed by atoms with van der Waals surface area (Å²) in [4.78, 5) is 26.2. The second kappa shape index (κ2) is 6.70. The van der Waals surface area contributed by atoms with Crippen molar-refractivity contribution in [2.45, 2.75) is 32.6 Å². The molecule has 1 aromatic heterocycles. The fourth-order valence-electron chi connectivity index (χ4n) is 2.19. The summed E-state index contributed by atoms with van der Waals surface area (Å²) < 4.78 is 5.10. The maximum atomic E-state index is 12.0. The number of carbonyl (C=O) groups excluding carboxylic acids is 2. The number of amides is 1. The van der Waals surface area contributed by atoms with Crippen molar-refractivity contribution in [2.75, 3.05) is 19.7 Å². The van der Waals surface area contributed by atoms with Crippen LogP contribution in [0.2, 0.25) is 0 Å². The normalized spacial score (nSPS) is 15.9. The molecule has 1 saturated heterocycles. The molecule has 0 radical (unpaired) electrons. The number of carbonyl (C=O) groups is 2. The number of hydrogen-bond donors (Lipinski definition) is 0. The first kappa shape index (κ1) is 14.1. The lowest BCUT2D eigenvalue weighted by Gasteiger charge is -2.19. The number of esters is 1. The highest BCUT2D eigenvalue weighted by molar-refractivity contribution is 7.12. The van der Waals surface area contributed by atoms with Crippen molar-refractivity contribution >= 4 is 23.2 Å². The van der Waals surface area contributed by atoms with E-state index >= 15 is 0 Å². The molecule has 0 N–H and O–H groups in total. The van der Waals surface area contributed by atoms with Crippen LogP contribution in [0.1, 0.15) is 40.9 Å². The van der Waals surface area contributed by atoms with Crippen molar-refractivity contribution in [1.29, 1.82) is 0 Å². The molecule has 0 atom stereocenters. The van der Waals surface area contributed by atoms with Gasteiger partial charge < -0.3 is 9.64 Å². The first-order valence-electron chi connectivity index (χ1n) is 6.67. The zero-order valence-corrected chi connectivity index (χ0v) is 12.0.